The minimum absolute atomic E-state index is 0.107. The molecule has 8 heteroatoms. The second-order valence-corrected chi connectivity index (χ2v) is 7.46. The van der Waals surface area contributed by atoms with Crippen LogP contribution in [0.3, 0.4) is 0 Å². The number of amides is 1. The van der Waals surface area contributed by atoms with E-state index >= 15 is 0 Å². The molecule has 0 bridgehead atoms. The number of hydrogen-bond acceptors (Lipinski definition) is 5. The first-order chi connectivity index (χ1) is 12.8. The van der Waals surface area contributed by atoms with Gasteiger partial charge in [-0.1, -0.05) is 0 Å². The maximum absolute atomic E-state index is 13.1. The molecule has 3 heterocycles. The van der Waals surface area contributed by atoms with Gasteiger partial charge in [0.1, 0.15) is 11.3 Å². The Balaban J connectivity index is 1.55. The molecule has 0 spiro atoms. The lowest BCUT2D eigenvalue weighted by Gasteiger charge is -2.13. The summed E-state index contributed by atoms with van der Waals surface area (Å²) in [6.45, 7) is 0. The smallest absolute Gasteiger partial charge is 0.259 e. The minimum atomic E-state index is -0.107. The molecule has 0 unspecified atom stereocenters. The van der Waals surface area contributed by atoms with Gasteiger partial charge < -0.3 is 10.3 Å². The van der Waals surface area contributed by atoms with E-state index in [-0.39, 0.29) is 5.91 Å². The number of aromatic amines is 1. The molecular weight excluding hydrogens is 348 g/mol. The Morgan fingerprint density at radius 1 is 1.23 bits per heavy atom. The van der Waals surface area contributed by atoms with E-state index in [1.807, 2.05) is 30.5 Å². The molecular formula is C18H16N6OS. The van der Waals surface area contributed by atoms with E-state index < -0.39 is 0 Å². The molecule has 26 heavy (non-hydrogen) atoms. The number of H-pyrrole nitrogens is 1. The van der Waals surface area contributed by atoms with E-state index in [1.54, 1.807) is 22.3 Å². The van der Waals surface area contributed by atoms with Crippen molar-refractivity contribution in [1.29, 1.82) is 0 Å². The highest BCUT2D eigenvalue weighted by molar-refractivity contribution is 7.15. The van der Waals surface area contributed by atoms with Gasteiger partial charge in [-0.25, -0.2) is 0 Å². The number of rotatable bonds is 3. The van der Waals surface area contributed by atoms with Crippen LogP contribution in [-0.4, -0.2) is 31.1 Å². The highest BCUT2D eigenvalue weighted by Gasteiger charge is 2.27. The van der Waals surface area contributed by atoms with Crippen LogP contribution in [0.25, 0.3) is 15.9 Å². The Morgan fingerprint density at radius 3 is 3.04 bits per heavy atom. The van der Waals surface area contributed by atoms with Gasteiger partial charge >= 0.3 is 0 Å². The Hall–Kier alpha value is -3.00. The maximum atomic E-state index is 13.1. The minimum Gasteiger partial charge on any atom is -0.361 e. The molecule has 1 aliphatic rings. The van der Waals surface area contributed by atoms with Gasteiger partial charge in [0.05, 0.1) is 5.56 Å². The largest absolute Gasteiger partial charge is 0.361 e. The summed E-state index contributed by atoms with van der Waals surface area (Å²) >= 11 is 1.62. The van der Waals surface area contributed by atoms with Crippen LogP contribution < -0.4 is 5.32 Å². The SMILES string of the molecule is O=C(Nc1ccc2[nH]ccc2c1)c1c(-n2cnnn2)sc2c1CCCC2. The monoisotopic (exact) mass is 364 g/mol. The van der Waals surface area contributed by atoms with E-state index in [2.05, 4.69) is 25.8 Å². The van der Waals surface area contributed by atoms with Gasteiger partial charge in [0.2, 0.25) is 0 Å². The number of hydrogen-bond donors (Lipinski definition) is 2. The predicted molar refractivity (Wildman–Crippen MR) is 99.9 cm³/mol. The van der Waals surface area contributed by atoms with Crippen molar-refractivity contribution in [2.24, 2.45) is 0 Å². The fourth-order valence-corrected chi connectivity index (χ4v) is 4.83. The number of nitrogens with one attached hydrogen (secondary N) is 2. The van der Waals surface area contributed by atoms with Gasteiger partial charge in [-0.2, -0.15) is 4.68 Å². The molecule has 0 radical (unpaired) electrons. The summed E-state index contributed by atoms with van der Waals surface area (Å²) in [4.78, 5) is 17.6. The van der Waals surface area contributed by atoms with Crippen LogP contribution in [0.4, 0.5) is 5.69 Å². The molecule has 0 fully saturated rings. The molecule has 0 aliphatic heterocycles. The van der Waals surface area contributed by atoms with Crippen molar-refractivity contribution in [2.75, 3.05) is 5.32 Å². The zero-order valence-electron chi connectivity index (χ0n) is 13.9. The highest BCUT2D eigenvalue weighted by Crippen LogP contribution is 2.37. The summed E-state index contributed by atoms with van der Waals surface area (Å²) in [5.74, 6) is -0.107. The Bertz CT molecular complexity index is 1090. The zero-order chi connectivity index (χ0) is 17.5. The molecule has 4 aromatic rings. The average Bonchev–Trinajstić information content (AvgIpc) is 3.39. The van der Waals surface area contributed by atoms with Crippen LogP contribution in [0.2, 0.25) is 0 Å². The van der Waals surface area contributed by atoms with Crippen LogP contribution in [-0.2, 0) is 12.8 Å². The van der Waals surface area contributed by atoms with Crippen LogP contribution in [0.15, 0.2) is 36.8 Å². The van der Waals surface area contributed by atoms with Crippen molar-refractivity contribution in [2.45, 2.75) is 25.7 Å². The summed E-state index contributed by atoms with van der Waals surface area (Å²) < 4.78 is 1.59. The quantitative estimate of drug-likeness (QED) is 0.583. The molecule has 1 aliphatic carbocycles. The molecule has 2 N–H and O–H groups in total. The second-order valence-electron chi connectivity index (χ2n) is 6.38. The van der Waals surface area contributed by atoms with Crippen molar-refractivity contribution < 1.29 is 4.79 Å². The van der Waals surface area contributed by atoms with Crippen LogP contribution >= 0.6 is 11.3 Å². The highest BCUT2D eigenvalue weighted by atomic mass is 32.1. The predicted octanol–water partition coefficient (Wildman–Crippen LogP) is 3.34. The first-order valence-corrected chi connectivity index (χ1v) is 9.37. The Labute approximate surface area is 153 Å². The number of nitrogens with zero attached hydrogens (tertiary/aromatic N) is 4. The third-order valence-electron chi connectivity index (χ3n) is 4.75. The number of aromatic nitrogens is 5. The lowest BCUT2D eigenvalue weighted by molar-refractivity contribution is 0.102. The standard InChI is InChI=1S/C18H16N6OS/c25-17(21-12-5-6-14-11(9-12)7-8-19-14)16-13-3-1-2-4-15(13)26-18(16)24-10-20-22-23-24/h5-10,19H,1-4H2,(H,21,25). The average molecular weight is 364 g/mol. The van der Waals surface area contributed by atoms with E-state index in [1.165, 1.54) is 4.88 Å². The summed E-state index contributed by atoms with van der Waals surface area (Å²) in [5, 5.41) is 16.3. The van der Waals surface area contributed by atoms with Gasteiger partial charge in [-0.05, 0) is 65.9 Å². The van der Waals surface area contributed by atoms with E-state index in [9.17, 15) is 4.79 Å². The topological polar surface area (TPSA) is 88.5 Å². The summed E-state index contributed by atoms with van der Waals surface area (Å²) in [6, 6.07) is 7.84. The summed E-state index contributed by atoms with van der Waals surface area (Å²) in [5.41, 5.74) is 3.67. The first-order valence-electron chi connectivity index (χ1n) is 8.56. The van der Waals surface area contributed by atoms with Crippen LogP contribution in [0, 0.1) is 0 Å². The number of fused-ring (bicyclic) bond motifs is 2. The molecule has 130 valence electrons. The van der Waals surface area contributed by atoms with Crippen molar-refractivity contribution in [3.8, 4) is 5.00 Å². The third kappa shape index (κ3) is 2.50. The number of aryl methyl sites for hydroxylation is 1. The number of carbonyl (C=O) groups is 1. The van der Waals surface area contributed by atoms with Gasteiger partial charge in [0, 0.05) is 27.7 Å². The van der Waals surface area contributed by atoms with E-state index in [0.717, 1.165) is 52.8 Å². The Morgan fingerprint density at radius 2 is 2.15 bits per heavy atom. The lowest BCUT2D eigenvalue weighted by atomic mass is 9.95. The lowest BCUT2D eigenvalue weighted by Crippen LogP contribution is -2.16. The van der Waals surface area contributed by atoms with Crippen molar-refractivity contribution >= 4 is 33.8 Å². The molecule has 1 amide bonds. The first kappa shape index (κ1) is 15.3. The molecule has 1 aromatic carbocycles. The fourth-order valence-electron chi connectivity index (χ4n) is 3.53. The van der Waals surface area contributed by atoms with Gasteiger partial charge in [-0.15, -0.1) is 16.4 Å². The van der Waals surface area contributed by atoms with E-state index in [0.29, 0.717) is 5.56 Å². The molecule has 0 saturated heterocycles. The Kier molecular flexibility index (Phi) is 3.56. The summed E-state index contributed by atoms with van der Waals surface area (Å²) in [7, 11) is 0. The molecule has 0 atom stereocenters. The maximum Gasteiger partial charge on any atom is 0.259 e. The van der Waals surface area contributed by atoms with Gasteiger partial charge in [0.25, 0.3) is 5.91 Å². The third-order valence-corrected chi connectivity index (χ3v) is 6.03. The second kappa shape index (κ2) is 6.06. The van der Waals surface area contributed by atoms with Gasteiger partial charge in [0.15, 0.2) is 0 Å². The fraction of sp³-hybridized carbons (Fsp3) is 0.222. The molecule has 7 nitrogen and oxygen atoms in total. The van der Waals surface area contributed by atoms with Crippen molar-refractivity contribution in [3.63, 3.8) is 0 Å². The summed E-state index contributed by atoms with van der Waals surface area (Å²) in [6.07, 6.45) is 7.63. The number of thiophene rings is 1. The number of benzene rings is 1. The number of tetrazole rings is 1. The molecule has 5 rings (SSSR count). The van der Waals surface area contributed by atoms with Crippen molar-refractivity contribution in [1.82, 2.24) is 25.2 Å². The van der Waals surface area contributed by atoms with Gasteiger partial charge in [-0.3, -0.25) is 4.79 Å². The zero-order valence-corrected chi connectivity index (χ0v) is 14.7. The number of carbonyl (C=O) groups excluding carboxylic acids is 1. The molecule has 0 saturated carbocycles. The van der Waals surface area contributed by atoms with E-state index in [4.69, 9.17) is 0 Å². The molecule has 3 aromatic heterocycles. The van der Waals surface area contributed by atoms with Crippen molar-refractivity contribution in [3.05, 3.63) is 52.8 Å². The number of anilines is 1. The van der Waals surface area contributed by atoms with Crippen LogP contribution in [0.5, 0.6) is 0 Å². The normalized spacial score (nSPS) is 13.7. The van der Waals surface area contributed by atoms with Crippen LogP contribution in [0.1, 0.15) is 33.6 Å².